The predicted octanol–water partition coefficient (Wildman–Crippen LogP) is 1.86. The zero-order chi connectivity index (χ0) is 13.6. The molecule has 0 unspecified atom stereocenters. The van der Waals surface area contributed by atoms with Gasteiger partial charge in [-0.2, -0.15) is 5.10 Å². The lowest BCUT2D eigenvalue weighted by atomic mass is 10.3. The quantitative estimate of drug-likeness (QED) is 0.716. The maximum Gasteiger partial charge on any atom is 0.192 e. The average molecular weight is 274 g/mol. The molecule has 0 fully saturated rings. The first-order valence-electron chi connectivity index (χ1n) is 6.00. The maximum absolute atomic E-state index is 11.8. The van der Waals surface area contributed by atoms with Crippen LogP contribution in [0.2, 0.25) is 0 Å². The van der Waals surface area contributed by atoms with Gasteiger partial charge in [0.15, 0.2) is 5.43 Å². The van der Waals surface area contributed by atoms with Gasteiger partial charge in [-0.1, -0.05) is 0 Å². The lowest BCUT2D eigenvalue weighted by Gasteiger charge is -2.07. The minimum Gasteiger partial charge on any atom is -0.326 e. The van der Waals surface area contributed by atoms with Crippen LogP contribution in [0.1, 0.15) is 15.6 Å². The van der Waals surface area contributed by atoms with Crippen molar-refractivity contribution in [2.75, 3.05) is 0 Å². The van der Waals surface area contributed by atoms with E-state index in [-0.39, 0.29) is 5.43 Å². The fourth-order valence-corrected chi connectivity index (χ4v) is 3.08. The van der Waals surface area contributed by atoms with Gasteiger partial charge in [0.05, 0.1) is 23.8 Å². The van der Waals surface area contributed by atoms with Crippen LogP contribution < -0.4 is 5.43 Å². The van der Waals surface area contributed by atoms with Gasteiger partial charge in [0, 0.05) is 24.2 Å². The van der Waals surface area contributed by atoms with Crippen molar-refractivity contribution in [3.8, 4) is 0 Å². The van der Waals surface area contributed by atoms with Crippen molar-refractivity contribution in [3.05, 3.63) is 44.3 Å². The number of hydrogen-bond acceptors (Lipinski definition) is 4. The molecule has 3 rings (SSSR count). The number of nitrogens with zero attached hydrogens (tertiary/aromatic N) is 4. The highest BCUT2D eigenvalue weighted by Gasteiger charge is 2.10. The number of aryl methyl sites for hydroxylation is 3. The monoisotopic (exact) mass is 274 g/mol. The van der Waals surface area contributed by atoms with Gasteiger partial charge in [-0.05, 0) is 13.8 Å². The van der Waals surface area contributed by atoms with Crippen LogP contribution in [0.25, 0.3) is 11.0 Å². The van der Waals surface area contributed by atoms with E-state index in [0.29, 0.717) is 11.9 Å². The summed E-state index contributed by atoms with van der Waals surface area (Å²) in [4.78, 5) is 17.5. The third kappa shape index (κ3) is 1.98. The molecule has 0 radical (unpaired) electrons. The Morgan fingerprint density at radius 2 is 2.16 bits per heavy atom. The van der Waals surface area contributed by atoms with Crippen LogP contribution in [0.5, 0.6) is 0 Å². The molecule has 0 amide bonds. The molecule has 19 heavy (non-hydrogen) atoms. The average Bonchev–Trinajstić information content (AvgIpc) is 2.89. The van der Waals surface area contributed by atoms with Gasteiger partial charge in [0.2, 0.25) is 0 Å². The van der Waals surface area contributed by atoms with Crippen LogP contribution in [-0.4, -0.2) is 19.3 Å². The van der Waals surface area contributed by atoms with Gasteiger partial charge in [-0.15, -0.1) is 11.3 Å². The molecule has 0 bridgehead atoms. The predicted molar refractivity (Wildman–Crippen MR) is 75.7 cm³/mol. The van der Waals surface area contributed by atoms with Crippen LogP contribution in [-0.2, 0) is 13.6 Å². The second kappa shape index (κ2) is 4.31. The fourth-order valence-electron chi connectivity index (χ4n) is 2.14. The third-order valence-corrected chi connectivity index (χ3v) is 4.29. The molecule has 6 heteroatoms. The molecule has 3 aromatic heterocycles. The van der Waals surface area contributed by atoms with Crippen LogP contribution >= 0.6 is 11.3 Å². The van der Waals surface area contributed by atoms with Crippen molar-refractivity contribution in [2.24, 2.45) is 7.05 Å². The highest BCUT2D eigenvalue weighted by atomic mass is 32.1. The van der Waals surface area contributed by atoms with Gasteiger partial charge in [0.1, 0.15) is 10.7 Å². The molecule has 98 valence electrons. The molecule has 0 aromatic carbocycles. The Labute approximate surface area is 114 Å². The minimum absolute atomic E-state index is 0.00542. The van der Waals surface area contributed by atoms with Crippen LogP contribution in [0.3, 0.4) is 0 Å². The summed E-state index contributed by atoms with van der Waals surface area (Å²) in [5.74, 6) is 0. The van der Waals surface area contributed by atoms with Gasteiger partial charge < -0.3 is 4.57 Å². The zero-order valence-corrected chi connectivity index (χ0v) is 11.9. The molecular weight excluding hydrogens is 260 g/mol. The Kier molecular flexibility index (Phi) is 2.74. The number of rotatable bonds is 2. The second-order valence-electron chi connectivity index (χ2n) is 4.56. The fraction of sp³-hybridized carbons (Fsp3) is 0.308. The molecule has 0 spiro atoms. The van der Waals surface area contributed by atoms with Crippen LogP contribution in [0.15, 0.2) is 23.3 Å². The summed E-state index contributed by atoms with van der Waals surface area (Å²) in [6.07, 6.45) is 3.42. The number of pyridine rings is 1. The number of hydrogen-bond donors (Lipinski definition) is 0. The third-order valence-electron chi connectivity index (χ3n) is 3.23. The van der Waals surface area contributed by atoms with Crippen molar-refractivity contribution in [2.45, 2.75) is 20.4 Å². The van der Waals surface area contributed by atoms with E-state index in [9.17, 15) is 4.79 Å². The maximum atomic E-state index is 11.8. The summed E-state index contributed by atoms with van der Waals surface area (Å²) in [5, 5.41) is 5.85. The van der Waals surface area contributed by atoms with E-state index in [0.717, 1.165) is 16.3 Å². The van der Waals surface area contributed by atoms with Crippen molar-refractivity contribution in [1.82, 2.24) is 19.3 Å². The topological polar surface area (TPSA) is 52.7 Å². The Balaban J connectivity index is 2.13. The molecule has 0 saturated heterocycles. The van der Waals surface area contributed by atoms with E-state index in [1.54, 1.807) is 34.5 Å². The first-order chi connectivity index (χ1) is 9.06. The molecule has 3 heterocycles. The van der Waals surface area contributed by atoms with E-state index < -0.39 is 0 Å². The van der Waals surface area contributed by atoms with Gasteiger partial charge >= 0.3 is 0 Å². The summed E-state index contributed by atoms with van der Waals surface area (Å²) >= 11 is 1.69. The number of fused-ring (bicyclic) bond motifs is 1. The Morgan fingerprint density at radius 1 is 1.37 bits per heavy atom. The highest BCUT2D eigenvalue weighted by Crippen LogP contribution is 2.19. The lowest BCUT2D eigenvalue weighted by Crippen LogP contribution is -2.10. The smallest absolute Gasteiger partial charge is 0.192 e. The summed E-state index contributed by atoms with van der Waals surface area (Å²) < 4.78 is 3.74. The highest BCUT2D eigenvalue weighted by molar-refractivity contribution is 7.11. The van der Waals surface area contributed by atoms with Crippen LogP contribution in [0, 0.1) is 13.8 Å². The van der Waals surface area contributed by atoms with Crippen molar-refractivity contribution < 1.29 is 0 Å². The molecule has 0 atom stereocenters. The van der Waals surface area contributed by atoms with Crippen molar-refractivity contribution >= 4 is 22.4 Å². The molecule has 5 nitrogen and oxygen atoms in total. The molecule has 0 aliphatic rings. The zero-order valence-electron chi connectivity index (χ0n) is 11.0. The molecule has 0 saturated carbocycles. The Morgan fingerprint density at radius 3 is 2.84 bits per heavy atom. The summed E-state index contributed by atoms with van der Waals surface area (Å²) in [7, 11) is 1.84. The molecule has 3 aromatic rings. The van der Waals surface area contributed by atoms with E-state index in [4.69, 9.17) is 0 Å². The molecule has 0 N–H and O–H groups in total. The Bertz CT molecular complexity index is 792. The van der Waals surface area contributed by atoms with Gasteiger partial charge in [0.25, 0.3) is 0 Å². The van der Waals surface area contributed by atoms with E-state index >= 15 is 0 Å². The Hall–Kier alpha value is -1.95. The molecular formula is C13H14N4OS. The first kappa shape index (κ1) is 12.1. The molecule has 0 aliphatic carbocycles. The largest absolute Gasteiger partial charge is 0.326 e. The van der Waals surface area contributed by atoms with Crippen molar-refractivity contribution in [1.29, 1.82) is 0 Å². The number of thiazole rings is 1. The first-order valence-corrected chi connectivity index (χ1v) is 6.82. The van der Waals surface area contributed by atoms with Crippen molar-refractivity contribution in [3.63, 3.8) is 0 Å². The number of aromatic nitrogens is 4. The standard InChI is InChI=1S/C13H14N4OS/c1-8-9(2)19-12(15-8)7-17-5-4-11(18)10-6-14-16(3)13(10)17/h4-6H,7H2,1-3H3. The van der Waals surface area contributed by atoms with Gasteiger partial charge in [-0.3, -0.25) is 9.48 Å². The summed E-state index contributed by atoms with van der Waals surface area (Å²) in [6, 6.07) is 1.58. The van der Waals surface area contributed by atoms with E-state index in [1.165, 1.54) is 4.88 Å². The van der Waals surface area contributed by atoms with Gasteiger partial charge in [-0.25, -0.2) is 4.98 Å². The SMILES string of the molecule is Cc1nc(Cn2ccc(=O)c3cnn(C)c32)sc1C. The van der Waals surface area contributed by atoms with Crippen LogP contribution in [0.4, 0.5) is 0 Å². The lowest BCUT2D eigenvalue weighted by molar-refractivity contribution is 0.724. The molecule has 0 aliphatic heterocycles. The summed E-state index contributed by atoms with van der Waals surface area (Å²) in [6.45, 7) is 4.75. The summed E-state index contributed by atoms with van der Waals surface area (Å²) in [5.41, 5.74) is 1.91. The minimum atomic E-state index is 0.00542. The van der Waals surface area contributed by atoms with E-state index in [2.05, 4.69) is 17.0 Å². The second-order valence-corrected chi connectivity index (χ2v) is 5.85. The normalized spacial score (nSPS) is 11.3. The van der Waals surface area contributed by atoms with E-state index in [1.807, 2.05) is 18.5 Å².